The summed E-state index contributed by atoms with van der Waals surface area (Å²) >= 11 is 0. The molecule has 6 aliphatic carbocycles. The van der Waals surface area contributed by atoms with Gasteiger partial charge in [-0.2, -0.15) is 0 Å². The highest BCUT2D eigenvalue weighted by Crippen LogP contribution is 2.70. The number of hydrogen-bond donors (Lipinski definition) is 0. The number of rotatable bonds is 5. The third-order valence-corrected chi connectivity index (χ3v) is 17.6. The number of furan rings is 1. The Bertz CT molecular complexity index is 3670. The summed E-state index contributed by atoms with van der Waals surface area (Å²) in [4.78, 5) is 2.54. The van der Waals surface area contributed by atoms with Crippen LogP contribution in [0.15, 0.2) is 192 Å². The van der Waals surface area contributed by atoms with Crippen LogP contribution in [0.5, 0.6) is 0 Å². The summed E-state index contributed by atoms with van der Waals surface area (Å²) in [6, 6.07) is 71.1. The van der Waals surface area contributed by atoms with Crippen molar-refractivity contribution >= 4 is 49.8 Å². The minimum atomic E-state index is -0.114. The molecule has 0 saturated heterocycles. The van der Waals surface area contributed by atoms with Crippen molar-refractivity contribution < 1.29 is 4.42 Å². The number of anilines is 3. The first-order valence-corrected chi connectivity index (χ1v) is 24.8. The third-order valence-electron chi connectivity index (χ3n) is 17.6. The van der Waals surface area contributed by atoms with Crippen LogP contribution in [0, 0.1) is 23.7 Å². The van der Waals surface area contributed by atoms with Gasteiger partial charge in [0.05, 0.1) is 11.1 Å². The molecule has 2 nitrogen and oxygen atoms in total. The second-order valence-corrected chi connectivity index (χ2v) is 21.2. The van der Waals surface area contributed by atoms with Crippen molar-refractivity contribution in [3.05, 3.63) is 210 Å². The van der Waals surface area contributed by atoms with Crippen molar-refractivity contribution in [2.45, 2.75) is 56.8 Å². The fraction of sp³-hybridized carbons (Fsp3) is 0.200. The van der Waals surface area contributed by atoms with Gasteiger partial charge in [-0.15, -0.1) is 0 Å². The molecule has 0 N–H and O–H groups in total. The van der Waals surface area contributed by atoms with Crippen LogP contribution < -0.4 is 4.90 Å². The van der Waals surface area contributed by atoms with Gasteiger partial charge in [0.15, 0.2) is 0 Å². The van der Waals surface area contributed by atoms with Gasteiger partial charge in [0, 0.05) is 33.0 Å². The van der Waals surface area contributed by atoms with Gasteiger partial charge in [-0.25, -0.2) is 0 Å². The molecule has 2 heteroatoms. The molecule has 1 heterocycles. The lowest BCUT2D eigenvalue weighted by Gasteiger charge is -2.61. The molecule has 10 aromatic rings. The predicted octanol–water partition coefficient (Wildman–Crippen LogP) is 17.6. The Morgan fingerprint density at radius 1 is 0.448 bits per heavy atom. The molecule has 0 amide bonds. The van der Waals surface area contributed by atoms with E-state index in [0.29, 0.717) is 11.8 Å². The highest BCUT2D eigenvalue weighted by atomic mass is 16.3. The quantitative estimate of drug-likeness (QED) is 0.171. The molecule has 4 bridgehead atoms. The zero-order valence-corrected chi connectivity index (χ0v) is 38.1. The van der Waals surface area contributed by atoms with Crippen molar-refractivity contribution in [3.8, 4) is 44.5 Å². The molecule has 9 aromatic carbocycles. The Kier molecular flexibility index (Phi) is 7.77. The van der Waals surface area contributed by atoms with Crippen molar-refractivity contribution in [2.24, 2.45) is 23.7 Å². The molecular weight excluding hydrogens is 811 g/mol. The van der Waals surface area contributed by atoms with Gasteiger partial charge >= 0.3 is 0 Å². The lowest BCUT2D eigenvalue weighted by atomic mass is 9.43. The fourth-order valence-electron chi connectivity index (χ4n) is 15.3. The second-order valence-electron chi connectivity index (χ2n) is 21.2. The Hall–Kier alpha value is -7.16. The van der Waals surface area contributed by atoms with Gasteiger partial charge in [-0.3, -0.25) is 0 Å². The van der Waals surface area contributed by atoms with E-state index < -0.39 is 0 Å². The number of benzene rings is 9. The molecule has 67 heavy (non-hydrogen) atoms. The Balaban J connectivity index is 0.922. The van der Waals surface area contributed by atoms with Crippen molar-refractivity contribution in [1.29, 1.82) is 0 Å². The SMILES string of the molecule is CC1(C)c2ccccc2-c2cccc(-c3ccccc3-c3ccc(N(c4ccc5c(c4)C4(c6ccccc6-5)C5CC6CC(C5)CC4C6)c4cccc5oc6c7ccccc7ccc6c45)cc3)c21. The summed E-state index contributed by atoms with van der Waals surface area (Å²) in [6.45, 7) is 4.78. The summed E-state index contributed by atoms with van der Waals surface area (Å²) in [5.74, 6) is 3.16. The minimum absolute atomic E-state index is 0.0649. The number of hydrogen-bond acceptors (Lipinski definition) is 2. The molecule has 1 spiro atoms. The number of fused-ring (bicyclic) bond motifs is 11. The first-order valence-electron chi connectivity index (χ1n) is 24.8. The monoisotopic (exact) mass is 861 g/mol. The van der Waals surface area contributed by atoms with Crippen molar-refractivity contribution in [2.75, 3.05) is 4.90 Å². The maximum absolute atomic E-state index is 6.87. The average Bonchev–Trinajstić information content (AvgIpc) is 3.98. The number of nitrogens with zero attached hydrogens (tertiary/aromatic N) is 1. The Morgan fingerprint density at radius 3 is 1.82 bits per heavy atom. The molecule has 4 fully saturated rings. The summed E-state index contributed by atoms with van der Waals surface area (Å²) in [6.07, 6.45) is 6.90. The van der Waals surface area contributed by atoms with Gasteiger partial charge in [0.2, 0.25) is 0 Å². The first-order chi connectivity index (χ1) is 32.9. The molecule has 0 unspecified atom stereocenters. The van der Waals surface area contributed by atoms with Crippen LogP contribution in [0.25, 0.3) is 77.2 Å². The van der Waals surface area contributed by atoms with E-state index in [1.165, 1.54) is 98.8 Å². The van der Waals surface area contributed by atoms with Gasteiger partial charge < -0.3 is 9.32 Å². The van der Waals surface area contributed by atoms with E-state index in [1.54, 1.807) is 11.1 Å². The van der Waals surface area contributed by atoms with E-state index in [1.807, 2.05) is 0 Å². The highest BCUT2D eigenvalue weighted by Gasteiger charge is 2.61. The van der Waals surface area contributed by atoms with Crippen LogP contribution in [0.4, 0.5) is 17.1 Å². The molecule has 322 valence electrons. The molecule has 1 aromatic heterocycles. The van der Waals surface area contributed by atoms with E-state index in [2.05, 4.69) is 207 Å². The first kappa shape index (κ1) is 38.0. The van der Waals surface area contributed by atoms with Gasteiger partial charge in [-0.05, 0) is 170 Å². The van der Waals surface area contributed by atoms with Crippen LogP contribution in [0.2, 0.25) is 0 Å². The van der Waals surface area contributed by atoms with Crippen LogP contribution in [0.3, 0.4) is 0 Å². The van der Waals surface area contributed by atoms with Crippen LogP contribution >= 0.6 is 0 Å². The second kappa shape index (κ2) is 13.7. The van der Waals surface area contributed by atoms with E-state index in [0.717, 1.165) is 50.5 Å². The van der Waals surface area contributed by atoms with E-state index in [4.69, 9.17) is 4.42 Å². The predicted molar refractivity (Wildman–Crippen MR) is 278 cm³/mol. The summed E-state index contributed by atoms with van der Waals surface area (Å²) < 4.78 is 6.87. The zero-order valence-electron chi connectivity index (χ0n) is 38.1. The molecule has 16 rings (SSSR count). The summed E-state index contributed by atoms with van der Waals surface area (Å²) in [7, 11) is 0. The molecule has 0 radical (unpaired) electrons. The smallest absolute Gasteiger partial charge is 0.143 e. The van der Waals surface area contributed by atoms with Crippen LogP contribution in [0.1, 0.15) is 68.2 Å². The average molecular weight is 862 g/mol. The van der Waals surface area contributed by atoms with E-state index >= 15 is 0 Å². The van der Waals surface area contributed by atoms with E-state index in [-0.39, 0.29) is 10.8 Å². The molecule has 6 aliphatic rings. The Morgan fingerprint density at radius 2 is 1.04 bits per heavy atom. The van der Waals surface area contributed by atoms with Gasteiger partial charge in [0.1, 0.15) is 11.2 Å². The van der Waals surface area contributed by atoms with E-state index in [9.17, 15) is 0 Å². The normalized spacial score (nSPS) is 22.4. The molecule has 4 saturated carbocycles. The molecule has 0 atom stereocenters. The standard InChI is InChI=1S/C65H51NO/c1-64(2)56-21-9-7-18-51(56)54-20-11-19-53(62(54)64)49-16-6-5-14-47(49)42-25-28-45(29-26-42)66(59-23-12-24-60-61(59)55-31-27-41-13-3-4-15-48(41)63(55)67-60)46-30-32-52-50-17-8-10-22-57(50)65(58(52)38-46)43-34-39-33-40(36-43)37-44(65)35-39/h3-32,38-40,43-44H,33-37H2,1-2H3. The molecular formula is C65H51NO. The lowest BCUT2D eigenvalue weighted by Crippen LogP contribution is -2.55. The maximum atomic E-state index is 6.87. The molecule has 0 aliphatic heterocycles. The maximum Gasteiger partial charge on any atom is 0.143 e. The van der Waals surface area contributed by atoms with Gasteiger partial charge in [0.25, 0.3) is 0 Å². The lowest BCUT2D eigenvalue weighted by molar-refractivity contribution is -0.0399. The summed E-state index contributed by atoms with van der Waals surface area (Å²) in [5, 5.41) is 4.63. The minimum Gasteiger partial charge on any atom is -0.455 e. The largest absolute Gasteiger partial charge is 0.455 e. The third kappa shape index (κ3) is 5.11. The van der Waals surface area contributed by atoms with Crippen molar-refractivity contribution in [3.63, 3.8) is 0 Å². The fourth-order valence-corrected chi connectivity index (χ4v) is 15.3. The van der Waals surface area contributed by atoms with Crippen LogP contribution in [-0.2, 0) is 10.8 Å². The van der Waals surface area contributed by atoms with Gasteiger partial charge in [-0.1, -0.05) is 159 Å². The zero-order chi connectivity index (χ0) is 44.2. The Labute approximate surface area is 392 Å². The summed E-state index contributed by atoms with van der Waals surface area (Å²) in [5.41, 5.74) is 21.9. The van der Waals surface area contributed by atoms with Crippen LogP contribution in [-0.4, -0.2) is 0 Å². The topological polar surface area (TPSA) is 16.4 Å². The highest BCUT2D eigenvalue weighted by molar-refractivity contribution is 6.19. The van der Waals surface area contributed by atoms with Crippen molar-refractivity contribution in [1.82, 2.24) is 0 Å².